The van der Waals surface area contributed by atoms with Crippen LogP contribution >= 0.6 is 11.6 Å². The van der Waals surface area contributed by atoms with E-state index in [0.29, 0.717) is 30.0 Å². The molecule has 2 aromatic rings. The maximum Gasteiger partial charge on any atom is 0.266 e. The highest BCUT2D eigenvalue weighted by Crippen LogP contribution is 2.22. The van der Waals surface area contributed by atoms with Gasteiger partial charge >= 0.3 is 0 Å². The monoisotopic (exact) mass is 348 g/mol. The van der Waals surface area contributed by atoms with Crippen LogP contribution in [0.1, 0.15) is 6.92 Å². The molecule has 2 heterocycles. The van der Waals surface area contributed by atoms with E-state index in [2.05, 4.69) is 22.2 Å². The lowest BCUT2D eigenvalue weighted by Gasteiger charge is -2.34. The maximum absolute atomic E-state index is 12.0. The Kier molecular flexibility index (Phi) is 5.37. The average molecular weight is 349 g/mol. The van der Waals surface area contributed by atoms with E-state index in [9.17, 15) is 4.79 Å². The maximum atomic E-state index is 12.0. The van der Waals surface area contributed by atoms with Crippen molar-refractivity contribution < 1.29 is 4.74 Å². The van der Waals surface area contributed by atoms with E-state index in [-0.39, 0.29) is 5.56 Å². The molecule has 0 saturated carbocycles. The summed E-state index contributed by atoms with van der Waals surface area (Å²) in [4.78, 5) is 14.2. The number of nitrogens with zero attached hydrogens (tertiary/aromatic N) is 3. The fraction of sp³-hybridized carbons (Fsp3) is 0.412. The molecule has 6 nitrogen and oxygen atoms in total. The summed E-state index contributed by atoms with van der Waals surface area (Å²) < 4.78 is 7.09. The minimum Gasteiger partial charge on any atom is -0.490 e. The van der Waals surface area contributed by atoms with Gasteiger partial charge in [0.25, 0.3) is 5.56 Å². The normalized spacial score (nSPS) is 17.8. The molecule has 0 radical (unpaired) electrons. The third-order valence-corrected chi connectivity index (χ3v) is 4.36. The van der Waals surface area contributed by atoms with Gasteiger partial charge in [-0.3, -0.25) is 4.79 Å². The van der Waals surface area contributed by atoms with Gasteiger partial charge < -0.3 is 15.0 Å². The number of nitrogens with one attached hydrogen (secondary N) is 1. The molecule has 128 valence electrons. The van der Waals surface area contributed by atoms with Crippen LogP contribution in [-0.4, -0.2) is 42.1 Å². The highest BCUT2D eigenvalue weighted by atomic mass is 35.5. The van der Waals surface area contributed by atoms with E-state index in [1.807, 2.05) is 12.1 Å². The third-order valence-electron chi connectivity index (χ3n) is 4.05. The zero-order valence-corrected chi connectivity index (χ0v) is 14.4. The molecular weight excluding hydrogens is 328 g/mol. The first kappa shape index (κ1) is 16.8. The molecule has 1 N–H and O–H groups in total. The molecule has 1 atom stereocenters. The van der Waals surface area contributed by atoms with Gasteiger partial charge in [0.15, 0.2) is 0 Å². The second-order valence-corrected chi connectivity index (χ2v) is 6.19. The van der Waals surface area contributed by atoms with Crippen molar-refractivity contribution in [2.24, 2.45) is 0 Å². The van der Waals surface area contributed by atoms with Crippen molar-refractivity contribution >= 4 is 17.4 Å². The van der Waals surface area contributed by atoms with Crippen LogP contribution in [-0.2, 0) is 6.54 Å². The highest BCUT2D eigenvalue weighted by Gasteiger charge is 2.19. The van der Waals surface area contributed by atoms with Gasteiger partial charge in [0.1, 0.15) is 18.2 Å². The van der Waals surface area contributed by atoms with Crippen molar-refractivity contribution in [3.63, 3.8) is 0 Å². The van der Waals surface area contributed by atoms with Crippen LogP contribution in [0.25, 0.3) is 0 Å². The molecule has 0 amide bonds. The molecule has 1 aromatic heterocycles. The molecule has 1 saturated heterocycles. The second kappa shape index (κ2) is 7.68. The summed E-state index contributed by atoms with van der Waals surface area (Å²) in [6.45, 7) is 5.55. The van der Waals surface area contributed by atoms with Crippen molar-refractivity contribution in [2.75, 3.05) is 31.1 Å². The zero-order chi connectivity index (χ0) is 16.9. The van der Waals surface area contributed by atoms with E-state index in [1.165, 1.54) is 4.68 Å². The number of halogens is 1. The number of anilines is 1. The van der Waals surface area contributed by atoms with Gasteiger partial charge in [-0.1, -0.05) is 23.7 Å². The van der Waals surface area contributed by atoms with E-state index < -0.39 is 0 Å². The number of hydrogen-bond donors (Lipinski definition) is 1. The van der Waals surface area contributed by atoms with Crippen LogP contribution in [0, 0.1) is 0 Å². The lowest BCUT2D eigenvalue weighted by molar-refractivity contribution is 0.288. The molecule has 0 bridgehead atoms. The molecule has 0 unspecified atom stereocenters. The van der Waals surface area contributed by atoms with Gasteiger partial charge in [0.2, 0.25) is 0 Å². The first-order valence-corrected chi connectivity index (χ1v) is 8.46. The topological polar surface area (TPSA) is 59.4 Å². The quantitative estimate of drug-likeness (QED) is 0.892. The molecule has 7 heteroatoms. The van der Waals surface area contributed by atoms with Crippen molar-refractivity contribution in [1.29, 1.82) is 0 Å². The lowest BCUT2D eigenvalue weighted by Crippen LogP contribution is -2.50. The molecule has 24 heavy (non-hydrogen) atoms. The minimum atomic E-state index is -0.135. The zero-order valence-electron chi connectivity index (χ0n) is 13.6. The van der Waals surface area contributed by atoms with Gasteiger partial charge in [0.05, 0.1) is 11.6 Å². The van der Waals surface area contributed by atoms with Gasteiger partial charge in [-0.05, 0) is 25.1 Å². The smallest absolute Gasteiger partial charge is 0.266 e. The number of rotatable bonds is 5. The van der Waals surface area contributed by atoms with Crippen LogP contribution in [0.4, 0.5) is 5.82 Å². The van der Waals surface area contributed by atoms with Crippen molar-refractivity contribution in [3.05, 3.63) is 51.8 Å². The van der Waals surface area contributed by atoms with Crippen molar-refractivity contribution in [1.82, 2.24) is 15.1 Å². The minimum absolute atomic E-state index is 0.135. The van der Waals surface area contributed by atoms with Gasteiger partial charge in [-0.15, -0.1) is 0 Å². The molecule has 1 aromatic carbocycles. The first-order chi connectivity index (χ1) is 11.6. The summed E-state index contributed by atoms with van der Waals surface area (Å²) in [5.41, 5.74) is -0.135. The molecule has 0 spiro atoms. The predicted molar refractivity (Wildman–Crippen MR) is 95.1 cm³/mol. The largest absolute Gasteiger partial charge is 0.490 e. The Morgan fingerprint density at radius 1 is 1.33 bits per heavy atom. The second-order valence-electron chi connectivity index (χ2n) is 5.78. The van der Waals surface area contributed by atoms with E-state index >= 15 is 0 Å². The third kappa shape index (κ3) is 3.88. The summed E-state index contributed by atoms with van der Waals surface area (Å²) in [7, 11) is 0. The van der Waals surface area contributed by atoms with Crippen LogP contribution in [0.2, 0.25) is 5.02 Å². The number of hydrogen-bond acceptors (Lipinski definition) is 5. The molecule has 1 aliphatic heterocycles. The Morgan fingerprint density at radius 3 is 2.96 bits per heavy atom. The molecular formula is C17H21ClN4O2. The lowest BCUT2D eigenvalue weighted by atomic mass is 10.2. The molecule has 1 aliphatic rings. The highest BCUT2D eigenvalue weighted by molar-refractivity contribution is 6.32. The van der Waals surface area contributed by atoms with Crippen LogP contribution < -0.4 is 20.5 Å². The Balaban J connectivity index is 1.68. The summed E-state index contributed by atoms with van der Waals surface area (Å²) in [6.07, 6.45) is 0. The van der Waals surface area contributed by atoms with Crippen molar-refractivity contribution in [3.8, 4) is 5.75 Å². The standard InChI is InChI=1S/C17H21ClN4O2/c1-13-12-19-8-9-21(13)16-6-7-17(23)22(20-16)10-11-24-15-5-3-2-4-14(15)18/h2-7,13,19H,8-12H2,1H3/t13-/m1/s1. The van der Waals surface area contributed by atoms with Gasteiger partial charge in [-0.2, -0.15) is 5.10 Å². The van der Waals surface area contributed by atoms with Crippen LogP contribution in [0.3, 0.4) is 0 Å². The van der Waals surface area contributed by atoms with Crippen LogP contribution in [0.5, 0.6) is 5.75 Å². The van der Waals surface area contributed by atoms with E-state index in [1.54, 1.807) is 24.3 Å². The number of piperazine rings is 1. The Hall–Kier alpha value is -2.05. The Morgan fingerprint density at radius 2 is 2.17 bits per heavy atom. The predicted octanol–water partition coefficient (Wildman–Crippen LogP) is 1.77. The molecule has 3 rings (SSSR count). The summed E-state index contributed by atoms with van der Waals surface area (Å²) in [5, 5.41) is 8.39. The molecule has 0 aliphatic carbocycles. The molecule has 1 fully saturated rings. The van der Waals surface area contributed by atoms with Crippen LogP contribution in [0.15, 0.2) is 41.2 Å². The fourth-order valence-corrected chi connectivity index (χ4v) is 2.93. The van der Waals surface area contributed by atoms with E-state index in [0.717, 1.165) is 25.5 Å². The summed E-state index contributed by atoms with van der Waals surface area (Å²) in [6, 6.07) is 11.0. The number of ether oxygens (including phenoxy) is 1. The fourth-order valence-electron chi connectivity index (χ4n) is 2.74. The van der Waals surface area contributed by atoms with E-state index in [4.69, 9.17) is 16.3 Å². The SMILES string of the molecule is C[C@@H]1CNCCN1c1ccc(=O)n(CCOc2ccccc2Cl)n1. The van der Waals surface area contributed by atoms with Crippen molar-refractivity contribution in [2.45, 2.75) is 19.5 Å². The number of aromatic nitrogens is 2. The number of benzene rings is 1. The summed E-state index contributed by atoms with van der Waals surface area (Å²) in [5.74, 6) is 1.43. The Bertz CT molecular complexity index is 749. The van der Waals surface area contributed by atoms with Gasteiger partial charge in [-0.25, -0.2) is 4.68 Å². The first-order valence-electron chi connectivity index (χ1n) is 8.08. The summed E-state index contributed by atoms with van der Waals surface area (Å²) >= 11 is 6.06. The Labute approximate surface area is 146 Å². The average Bonchev–Trinajstić information content (AvgIpc) is 2.59. The number of para-hydroxylation sites is 1. The van der Waals surface area contributed by atoms with Gasteiger partial charge in [0, 0.05) is 31.7 Å².